The van der Waals surface area contributed by atoms with Crippen LogP contribution < -0.4 is 5.32 Å². The zero-order valence-corrected chi connectivity index (χ0v) is 48.9. The minimum Gasteiger partial charge on any atom is -0.466 e. The SMILES string of the molecule is CCCCCCCCCCCCCCC/C=C/C(O)C(CO)NC(=O)CCCCCCCCCCCCCCCCCCCCCCCCCCCOC(=O)CCCCCCCCCCCCCCCCC. The normalized spacial score (nSPS) is 12.6. The summed E-state index contributed by atoms with van der Waals surface area (Å²) in [5.74, 6) is -0.0440. The Labute approximate surface area is 450 Å². The minimum atomic E-state index is -0.842. The van der Waals surface area contributed by atoms with Gasteiger partial charge in [-0.3, -0.25) is 9.59 Å². The number of hydrogen-bond acceptors (Lipinski definition) is 5. The van der Waals surface area contributed by atoms with Gasteiger partial charge in [-0.05, 0) is 32.1 Å². The van der Waals surface area contributed by atoms with Gasteiger partial charge in [0.25, 0.3) is 0 Å². The highest BCUT2D eigenvalue weighted by molar-refractivity contribution is 5.76. The van der Waals surface area contributed by atoms with Crippen molar-refractivity contribution >= 4 is 11.9 Å². The number of aliphatic hydroxyl groups excluding tert-OH is 2. The predicted octanol–water partition coefficient (Wildman–Crippen LogP) is 20.8. The van der Waals surface area contributed by atoms with Gasteiger partial charge in [0.15, 0.2) is 0 Å². The van der Waals surface area contributed by atoms with E-state index in [0.717, 1.165) is 38.5 Å². The van der Waals surface area contributed by atoms with Crippen LogP contribution in [0, 0.1) is 0 Å². The summed E-state index contributed by atoms with van der Waals surface area (Å²) in [7, 11) is 0. The molecule has 3 N–H and O–H groups in total. The molecule has 2 unspecified atom stereocenters. The van der Waals surface area contributed by atoms with Gasteiger partial charge >= 0.3 is 5.97 Å². The van der Waals surface area contributed by atoms with Crippen LogP contribution >= 0.6 is 0 Å². The highest BCUT2D eigenvalue weighted by Gasteiger charge is 2.18. The summed E-state index contributed by atoms with van der Waals surface area (Å²) < 4.78 is 5.50. The maximum absolute atomic E-state index is 12.5. The van der Waals surface area contributed by atoms with Crippen LogP contribution in [0.2, 0.25) is 0 Å². The lowest BCUT2D eigenvalue weighted by Crippen LogP contribution is -2.45. The molecule has 0 bridgehead atoms. The van der Waals surface area contributed by atoms with Gasteiger partial charge in [-0.25, -0.2) is 0 Å². The topological polar surface area (TPSA) is 95.9 Å². The first-order valence-corrected chi connectivity index (χ1v) is 33.0. The maximum atomic E-state index is 12.5. The zero-order valence-electron chi connectivity index (χ0n) is 48.9. The number of carbonyl (C=O) groups excluding carboxylic acids is 2. The molecule has 72 heavy (non-hydrogen) atoms. The first-order chi connectivity index (χ1) is 35.5. The van der Waals surface area contributed by atoms with Crippen LogP contribution in [0.15, 0.2) is 12.2 Å². The number of ether oxygens (including phenoxy) is 1. The molecule has 0 rings (SSSR count). The van der Waals surface area contributed by atoms with Crippen molar-refractivity contribution in [3.05, 3.63) is 12.2 Å². The third-order valence-corrected chi connectivity index (χ3v) is 15.6. The lowest BCUT2D eigenvalue weighted by molar-refractivity contribution is -0.143. The second kappa shape index (κ2) is 62.1. The van der Waals surface area contributed by atoms with E-state index in [2.05, 4.69) is 19.2 Å². The van der Waals surface area contributed by atoms with Crippen molar-refractivity contribution < 1.29 is 24.5 Å². The molecular weight excluding hydrogens is 887 g/mol. The third-order valence-electron chi connectivity index (χ3n) is 15.6. The van der Waals surface area contributed by atoms with E-state index < -0.39 is 12.1 Å². The first-order valence-electron chi connectivity index (χ1n) is 33.0. The van der Waals surface area contributed by atoms with E-state index in [1.54, 1.807) is 6.08 Å². The average Bonchev–Trinajstić information content (AvgIpc) is 3.38. The highest BCUT2D eigenvalue weighted by Crippen LogP contribution is 2.19. The Kier molecular flexibility index (Phi) is 60.9. The molecule has 6 heteroatoms. The van der Waals surface area contributed by atoms with Crippen molar-refractivity contribution in [2.24, 2.45) is 0 Å². The second-order valence-electron chi connectivity index (χ2n) is 22.8. The Balaban J connectivity index is 3.36. The van der Waals surface area contributed by atoms with Crippen molar-refractivity contribution in [3.8, 4) is 0 Å². The molecule has 0 aromatic carbocycles. The average molecular weight is 1020 g/mol. The Morgan fingerprint density at radius 3 is 0.944 bits per heavy atom. The fourth-order valence-corrected chi connectivity index (χ4v) is 10.5. The number of unbranched alkanes of at least 4 members (excludes halogenated alkanes) is 51. The van der Waals surface area contributed by atoms with Crippen molar-refractivity contribution in [1.29, 1.82) is 0 Å². The molecule has 0 spiro atoms. The van der Waals surface area contributed by atoms with Crippen molar-refractivity contribution in [2.75, 3.05) is 13.2 Å². The molecule has 0 saturated heterocycles. The quantitative estimate of drug-likeness (QED) is 0.0320. The summed E-state index contributed by atoms with van der Waals surface area (Å²) in [4.78, 5) is 24.5. The van der Waals surface area contributed by atoms with Gasteiger partial charge in [-0.15, -0.1) is 0 Å². The number of nitrogens with one attached hydrogen (secondary N) is 1. The number of rotatable bonds is 62. The second-order valence-corrected chi connectivity index (χ2v) is 22.8. The van der Waals surface area contributed by atoms with Crippen LogP contribution in [0.5, 0.6) is 0 Å². The van der Waals surface area contributed by atoms with Crippen LogP contribution in [0.25, 0.3) is 0 Å². The molecule has 0 heterocycles. The van der Waals surface area contributed by atoms with E-state index in [0.29, 0.717) is 19.4 Å². The maximum Gasteiger partial charge on any atom is 0.305 e. The van der Waals surface area contributed by atoms with Crippen molar-refractivity contribution in [3.63, 3.8) is 0 Å². The molecule has 428 valence electrons. The molecule has 0 aliphatic heterocycles. The Morgan fingerprint density at radius 2 is 0.639 bits per heavy atom. The van der Waals surface area contributed by atoms with Crippen molar-refractivity contribution in [1.82, 2.24) is 5.32 Å². The van der Waals surface area contributed by atoms with E-state index in [1.165, 1.54) is 308 Å². The molecule has 2 atom stereocenters. The fourth-order valence-electron chi connectivity index (χ4n) is 10.5. The molecule has 0 aliphatic rings. The van der Waals surface area contributed by atoms with Gasteiger partial charge in [-0.2, -0.15) is 0 Å². The molecule has 0 aromatic rings. The smallest absolute Gasteiger partial charge is 0.305 e. The number of amides is 1. The monoisotopic (exact) mass is 1020 g/mol. The van der Waals surface area contributed by atoms with Crippen LogP contribution in [0.4, 0.5) is 0 Å². The number of aliphatic hydroxyl groups is 2. The van der Waals surface area contributed by atoms with Crippen molar-refractivity contribution in [2.45, 2.75) is 386 Å². The lowest BCUT2D eigenvalue weighted by atomic mass is 10.0. The minimum absolute atomic E-state index is 0.0196. The molecule has 6 nitrogen and oxygen atoms in total. The molecule has 0 fully saturated rings. The van der Waals surface area contributed by atoms with Gasteiger partial charge in [0.1, 0.15) is 0 Å². The Morgan fingerprint density at radius 1 is 0.375 bits per heavy atom. The number of hydrogen-bond donors (Lipinski definition) is 3. The van der Waals surface area contributed by atoms with Crippen LogP contribution in [0.1, 0.15) is 373 Å². The zero-order chi connectivity index (χ0) is 52.2. The molecule has 0 aromatic heterocycles. The van der Waals surface area contributed by atoms with Gasteiger partial charge in [0, 0.05) is 12.8 Å². The molecule has 0 radical (unpaired) electrons. The Bertz CT molecular complexity index is 1080. The van der Waals surface area contributed by atoms with Gasteiger partial charge < -0.3 is 20.3 Å². The number of allylic oxidation sites excluding steroid dienone is 1. The van der Waals surface area contributed by atoms with Crippen LogP contribution in [0.3, 0.4) is 0 Å². The number of esters is 1. The molecule has 0 saturated carbocycles. The molecular formula is C66H129NO5. The first kappa shape index (κ1) is 70.6. The van der Waals surface area contributed by atoms with E-state index in [9.17, 15) is 19.8 Å². The van der Waals surface area contributed by atoms with Gasteiger partial charge in [0.2, 0.25) is 5.91 Å². The summed E-state index contributed by atoms with van der Waals surface area (Å²) in [5, 5.41) is 23.1. The van der Waals surface area contributed by atoms with E-state index in [-0.39, 0.29) is 18.5 Å². The van der Waals surface area contributed by atoms with Crippen LogP contribution in [-0.2, 0) is 14.3 Å². The Hall–Kier alpha value is -1.40. The largest absolute Gasteiger partial charge is 0.466 e. The molecule has 0 aliphatic carbocycles. The third kappa shape index (κ3) is 57.9. The lowest BCUT2D eigenvalue weighted by Gasteiger charge is -2.20. The standard InChI is InChI=1S/C66H129NO5/c1-3-5-7-9-11-13-15-17-30-34-38-42-46-50-54-58-64(69)63(62-68)67-65(70)59-55-51-47-43-39-35-32-28-26-24-22-20-19-21-23-25-27-29-33-37-41-45-49-53-57-61-72-66(71)60-56-52-48-44-40-36-31-18-16-14-12-10-8-6-4-2/h54,58,63-64,68-69H,3-53,55-57,59-62H2,1-2H3,(H,67,70)/b58-54+. The van der Waals surface area contributed by atoms with Crippen LogP contribution in [-0.4, -0.2) is 47.4 Å². The summed E-state index contributed by atoms with van der Waals surface area (Å²) in [6.45, 7) is 4.94. The predicted molar refractivity (Wildman–Crippen MR) is 315 cm³/mol. The van der Waals surface area contributed by atoms with E-state index >= 15 is 0 Å². The summed E-state index contributed by atoms with van der Waals surface area (Å²) in [6, 6.07) is -0.625. The number of carbonyl (C=O) groups is 2. The highest BCUT2D eigenvalue weighted by atomic mass is 16.5. The van der Waals surface area contributed by atoms with E-state index in [4.69, 9.17) is 4.74 Å². The summed E-state index contributed by atoms with van der Waals surface area (Å²) in [5.41, 5.74) is 0. The van der Waals surface area contributed by atoms with Gasteiger partial charge in [-0.1, -0.05) is 341 Å². The summed E-state index contributed by atoms with van der Waals surface area (Å²) >= 11 is 0. The molecule has 1 amide bonds. The summed E-state index contributed by atoms with van der Waals surface area (Å²) in [6.07, 6.45) is 75.5. The van der Waals surface area contributed by atoms with Gasteiger partial charge in [0.05, 0.1) is 25.4 Å². The van der Waals surface area contributed by atoms with E-state index in [1.807, 2.05) is 6.08 Å². The fraction of sp³-hybridized carbons (Fsp3) is 0.939.